The fourth-order valence-corrected chi connectivity index (χ4v) is 8.91. The highest BCUT2D eigenvalue weighted by molar-refractivity contribution is 5.07. The molecule has 0 unspecified atom stereocenters. The lowest BCUT2D eigenvalue weighted by atomic mass is 9.74. The number of ether oxygens (including phenoxy) is 2. The number of aliphatic hydroxyl groups is 2. The lowest BCUT2D eigenvalue weighted by molar-refractivity contribution is -0.0623. The van der Waals surface area contributed by atoms with Gasteiger partial charge >= 0.3 is 0 Å². The molecule has 2 heterocycles. The molecular weight excluding hydrogens is 424 g/mol. The zero-order valence-corrected chi connectivity index (χ0v) is 22.8. The molecule has 4 saturated carbocycles. The molecule has 2 N–H and O–H groups in total. The predicted molar refractivity (Wildman–Crippen MR) is 135 cm³/mol. The molecule has 4 nitrogen and oxygen atoms in total. The molecule has 0 radical (unpaired) electrons. The van der Waals surface area contributed by atoms with E-state index in [0.29, 0.717) is 47.3 Å². The van der Waals surface area contributed by atoms with Gasteiger partial charge in [0.25, 0.3) is 0 Å². The second-order valence-corrected chi connectivity index (χ2v) is 14.3. The number of hydrogen-bond donors (Lipinski definition) is 2. The molecule has 12 atom stereocenters. The molecule has 0 bridgehead atoms. The molecule has 2 saturated heterocycles. The third-order valence-electron chi connectivity index (χ3n) is 12.2. The van der Waals surface area contributed by atoms with E-state index in [-0.39, 0.29) is 11.2 Å². The SMILES string of the molecule is C[C@H]1CC[C@@H]([C@]2(C)CO2)C[C@]2(O)[C@@H]1CC[C@@H]2C.C[C@H]1CC[C@@H]([C@]2(C)CO2)C[C@]2(O)[C@@H]1CC[C@@H]2C. The average Bonchev–Trinajstić information content (AvgIpc) is 3.68. The van der Waals surface area contributed by atoms with Gasteiger partial charge in [0, 0.05) is 0 Å². The van der Waals surface area contributed by atoms with Crippen LogP contribution in [0.3, 0.4) is 0 Å². The quantitative estimate of drug-likeness (QED) is 0.481. The summed E-state index contributed by atoms with van der Waals surface area (Å²) in [6.45, 7) is 15.4. The molecule has 0 aromatic heterocycles. The van der Waals surface area contributed by atoms with E-state index in [1.54, 1.807) is 0 Å². The van der Waals surface area contributed by atoms with E-state index >= 15 is 0 Å². The molecule has 2 aliphatic heterocycles. The summed E-state index contributed by atoms with van der Waals surface area (Å²) in [6, 6.07) is 0. The summed E-state index contributed by atoms with van der Waals surface area (Å²) in [5, 5.41) is 22.3. The molecular formula is C30H52O4. The van der Waals surface area contributed by atoms with Crippen LogP contribution in [0.4, 0.5) is 0 Å². The fourth-order valence-electron chi connectivity index (χ4n) is 8.91. The summed E-state index contributed by atoms with van der Waals surface area (Å²) in [4.78, 5) is 0. The van der Waals surface area contributed by atoms with Gasteiger partial charge in [0.1, 0.15) is 0 Å². The Labute approximate surface area is 208 Å². The summed E-state index contributed by atoms with van der Waals surface area (Å²) in [5.74, 6) is 4.50. The molecule has 0 amide bonds. The van der Waals surface area contributed by atoms with E-state index in [4.69, 9.17) is 9.47 Å². The summed E-state index contributed by atoms with van der Waals surface area (Å²) in [6.07, 6.45) is 11.8. The van der Waals surface area contributed by atoms with E-state index in [2.05, 4.69) is 41.5 Å². The van der Waals surface area contributed by atoms with Crippen LogP contribution in [0.5, 0.6) is 0 Å². The Bertz CT molecular complexity index is 682. The minimum absolute atomic E-state index is 0.0899. The van der Waals surface area contributed by atoms with Crippen molar-refractivity contribution < 1.29 is 19.7 Å². The fraction of sp³-hybridized carbons (Fsp3) is 1.00. The van der Waals surface area contributed by atoms with Crippen LogP contribution in [0, 0.1) is 47.3 Å². The molecule has 196 valence electrons. The lowest BCUT2D eigenvalue weighted by Gasteiger charge is -2.37. The van der Waals surface area contributed by atoms with Gasteiger partial charge in [0.15, 0.2) is 0 Å². The van der Waals surface area contributed by atoms with E-state index in [1.165, 1.54) is 51.4 Å². The van der Waals surface area contributed by atoms with Crippen molar-refractivity contribution in [3.8, 4) is 0 Å². The van der Waals surface area contributed by atoms with Gasteiger partial charge in [-0.1, -0.05) is 27.7 Å². The minimum atomic E-state index is -0.407. The summed E-state index contributed by atoms with van der Waals surface area (Å²) >= 11 is 0. The highest BCUT2D eigenvalue weighted by Gasteiger charge is 2.58. The normalized spacial score (nSPS) is 58.6. The Morgan fingerprint density at radius 1 is 0.559 bits per heavy atom. The van der Waals surface area contributed by atoms with Crippen LogP contribution in [0.2, 0.25) is 0 Å². The molecule has 6 rings (SSSR count). The van der Waals surface area contributed by atoms with E-state index < -0.39 is 11.2 Å². The number of epoxide rings is 2. The lowest BCUT2D eigenvalue weighted by Crippen LogP contribution is -2.43. The average molecular weight is 477 g/mol. The smallest absolute Gasteiger partial charge is 0.0917 e. The van der Waals surface area contributed by atoms with Crippen LogP contribution in [-0.4, -0.2) is 45.8 Å². The molecule has 6 fully saturated rings. The number of rotatable bonds is 2. The standard InChI is InChI=1S/2C15H26O2/c2*1-10-4-6-12(14(3)9-17-14)8-15(16)11(2)5-7-13(10)15/h2*10-13,16H,4-9H2,1-3H3/t2*10-,11-,12+,13+,14-,15+/m00/s1. The largest absolute Gasteiger partial charge is 0.389 e. The topological polar surface area (TPSA) is 65.5 Å². The Hall–Kier alpha value is -0.160. The van der Waals surface area contributed by atoms with Crippen LogP contribution in [0.1, 0.15) is 106 Å². The van der Waals surface area contributed by atoms with Crippen molar-refractivity contribution in [1.82, 2.24) is 0 Å². The maximum atomic E-state index is 11.1. The third kappa shape index (κ3) is 4.31. The van der Waals surface area contributed by atoms with Crippen molar-refractivity contribution >= 4 is 0 Å². The van der Waals surface area contributed by atoms with Crippen molar-refractivity contribution in [3.05, 3.63) is 0 Å². The van der Waals surface area contributed by atoms with Crippen molar-refractivity contribution in [2.45, 2.75) is 128 Å². The van der Waals surface area contributed by atoms with Crippen molar-refractivity contribution in [1.29, 1.82) is 0 Å². The Kier molecular flexibility index (Phi) is 6.53. The maximum absolute atomic E-state index is 11.1. The Morgan fingerprint density at radius 2 is 0.912 bits per heavy atom. The number of hydrogen-bond acceptors (Lipinski definition) is 4. The third-order valence-corrected chi connectivity index (χ3v) is 12.2. The van der Waals surface area contributed by atoms with Crippen molar-refractivity contribution in [2.24, 2.45) is 47.3 Å². The number of fused-ring (bicyclic) bond motifs is 2. The predicted octanol–water partition coefficient (Wildman–Crippen LogP) is 5.98. The first-order valence-corrected chi connectivity index (χ1v) is 14.6. The summed E-state index contributed by atoms with van der Waals surface area (Å²) in [7, 11) is 0. The van der Waals surface area contributed by atoms with Crippen molar-refractivity contribution in [3.63, 3.8) is 0 Å². The van der Waals surface area contributed by atoms with Gasteiger partial charge in [-0.2, -0.15) is 0 Å². The van der Waals surface area contributed by atoms with Gasteiger partial charge in [-0.15, -0.1) is 0 Å². The molecule has 0 aromatic carbocycles. The second-order valence-electron chi connectivity index (χ2n) is 14.3. The van der Waals surface area contributed by atoms with Gasteiger partial charge in [0.05, 0.1) is 35.6 Å². The first-order valence-electron chi connectivity index (χ1n) is 14.6. The van der Waals surface area contributed by atoms with Crippen LogP contribution >= 0.6 is 0 Å². The van der Waals surface area contributed by atoms with E-state index in [0.717, 1.165) is 26.1 Å². The molecule has 4 aliphatic carbocycles. The Morgan fingerprint density at radius 3 is 1.24 bits per heavy atom. The molecule has 4 heteroatoms. The van der Waals surface area contributed by atoms with Gasteiger partial charge in [-0.25, -0.2) is 0 Å². The molecule has 0 aromatic rings. The summed E-state index contributed by atoms with van der Waals surface area (Å²) in [5.41, 5.74) is -0.635. The van der Waals surface area contributed by atoms with E-state index in [1.807, 2.05) is 0 Å². The van der Waals surface area contributed by atoms with Crippen molar-refractivity contribution in [2.75, 3.05) is 13.2 Å². The van der Waals surface area contributed by atoms with Crippen LogP contribution in [-0.2, 0) is 9.47 Å². The molecule has 6 aliphatic rings. The Balaban J connectivity index is 0.000000142. The zero-order chi connectivity index (χ0) is 24.5. The van der Waals surface area contributed by atoms with Gasteiger partial charge < -0.3 is 19.7 Å². The highest BCUT2D eigenvalue weighted by Crippen LogP contribution is 2.56. The van der Waals surface area contributed by atoms with Crippen LogP contribution in [0.25, 0.3) is 0 Å². The molecule has 0 spiro atoms. The first kappa shape index (κ1) is 25.5. The monoisotopic (exact) mass is 476 g/mol. The van der Waals surface area contributed by atoms with Gasteiger partial charge in [0.2, 0.25) is 0 Å². The van der Waals surface area contributed by atoms with Gasteiger partial charge in [-0.3, -0.25) is 0 Å². The van der Waals surface area contributed by atoms with E-state index in [9.17, 15) is 10.2 Å². The zero-order valence-electron chi connectivity index (χ0n) is 22.8. The maximum Gasteiger partial charge on any atom is 0.0917 e. The first-order chi connectivity index (χ1) is 15.9. The summed E-state index contributed by atoms with van der Waals surface area (Å²) < 4.78 is 11.3. The highest BCUT2D eigenvalue weighted by atomic mass is 16.6. The van der Waals surface area contributed by atoms with Crippen LogP contribution < -0.4 is 0 Å². The van der Waals surface area contributed by atoms with Crippen LogP contribution in [0.15, 0.2) is 0 Å². The second kappa shape index (κ2) is 8.71. The van der Waals surface area contributed by atoms with Gasteiger partial charge in [-0.05, 0) is 125 Å². The minimum Gasteiger partial charge on any atom is -0.389 e. The molecule has 34 heavy (non-hydrogen) atoms.